The summed E-state index contributed by atoms with van der Waals surface area (Å²) in [5.41, 5.74) is 0.684. The molecule has 94 valence electrons. The van der Waals surface area contributed by atoms with Gasteiger partial charge in [0.25, 0.3) is 0 Å². The van der Waals surface area contributed by atoms with E-state index in [1.807, 2.05) is 13.8 Å². The highest BCUT2D eigenvalue weighted by atomic mass is 32.1. The van der Waals surface area contributed by atoms with Crippen LogP contribution in [0, 0.1) is 0 Å². The van der Waals surface area contributed by atoms with Crippen molar-refractivity contribution in [3.05, 3.63) is 10.6 Å². The van der Waals surface area contributed by atoms with Crippen molar-refractivity contribution < 1.29 is 14.6 Å². The van der Waals surface area contributed by atoms with Gasteiger partial charge in [-0.25, -0.2) is 9.78 Å². The van der Waals surface area contributed by atoms with E-state index in [0.717, 1.165) is 18.2 Å². The molecule has 17 heavy (non-hydrogen) atoms. The molecule has 1 aromatic rings. The van der Waals surface area contributed by atoms with Gasteiger partial charge in [-0.1, -0.05) is 25.2 Å². The molecule has 0 spiro atoms. The first-order valence-electron chi connectivity index (χ1n) is 5.66. The fourth-order valence-electron chi connectivity index (χ4n) is 1.75. The van der Waals surface area contributed by atoms with Crippen LogP contribution in [0.5, 0.6) is 0 Å². The van der Waals surface area contributed by atoms with Crippen molar-refractivity contribution in [2.75, 3.05) is 31.2 Å². The number of hydrogen-bond donors (Lipinski definition) is 1. The minimum absolute atomic E-state index is 0.132. The maximum absolute atomic E-state index is 11.1. The number of anilines is 1. The van der Waals surface area contributed by atoms with Crippen molar-refractivity contribution in [2.45, 2.75) is 19.8 Å². The number of carboxylic acid groups (broad SMARTS) is 1. The molecule has 1 N–H and O–H groups in total. The van der Waals surface area contributed by atoms with E-state index in [-0.39, 0.29) is 5.92 Å². The van der Waals surface area contributed by atoms with E-state index in [9.17, 15) is 4.79 Å². The molecule has 2 heterocycles. The van der Waals surface area contributed by atoms with Gasteiger partial charge in [0.2, 0.25) is 0 Å². The monoisotopic (exact) mass is 256 g/mol. The molecule has 0 bridgehead atoms. The lowest BCUT2D eigenvalue weighted by Gasteiger charge is -2.26. The Morgan fingerprint density at radius 1 is 1.47 bits per heavy atom. The number of aromatic carboxylic acids is 1. The normalized spacial score (nSPS) is 16.5. The average Bonchev–Trinajstić information content (AvgIpc) is 2.75. The van der Waals surface area contributed by atoms with Crippen LogP contribution in [0.4, 0.5) is 5.13 Å². The summed E-state index contributed by atoms with van der Waals surface area (Å²) in [7, 11) is 0. The Morgan fingerprint density at radius 2 is 2.12 bits per heavy atom. The minimum Gasteiger partial charge on any atom is -0.477 e. The molecule has 0 aromatic carbocycles. The number of carbonyl (C=O) groups is 1. The predicted molar refractivity (Wildman–Crippen MR) is 66.2 cm³/mol. The number of hydrogen-bond acceptors (Lipinski definition) is 5. The van der Waals surface area contributed by atoms with E-state index >= 15 is 0 Å². The number of nitrogens with zero attached hydrogens (tertiary/aromatic N) is 2. The summed E-state index contributed by atoms with van der Waals surface area (Å²) in [4.78, 5) is 18.1. The summed E-state index contributed by atoms with van der Waals surface area (Å²) in [6.07, 6.45) is 0. The highest BCUT2D eigenvalue weighted by Gasteiger charge is 2.23. The van der Waals surface area contributed by atoms with Gasteiger partial charge in [-0.2, -0.15) is 0 Å². The number of morpholine rings is 1. The highest BCUT2D eigenvalue weighted by Crippen LogP contribution is 2.31. The van der Waals surface area contributed by atoms with Crippen LogP contribution in [0.15, 0.2) is 0 Å². The lowest BCUT2D eigenvalue weighted by molar-refractivity contribution is 0.0700. The number of thiazole rings is 1. The number of aromatic nitrogens is 1. The van der Waals surface area contributed by atoms with Gasteiger partial charge in [0.05, 0.1) is 18.9 Å². The standard InChI is InChI=1S/C11H16N2O3S/c1-7(2)8-9(10(14)15)17-11(12-8)13-3-5-16-6-4-13/h7H,3-6H2,1-2H3,(H,14,15). The molecular formula is C11H16N2O3S. The fourth-order valence-corrected chi connectivity index (χ4v) is 2.87. The number of rotatable bonds is 3. The fraction of sp³-hybridized carbons (Fsp3) is 0.636. The third-order valence-corrected chi connectivity index (χ3v) is 3.78. The molecule has 1 aliphatic rings. The van der Waals surface area contributed by atoms with Crippen molar-refractivity contribution in [1.29, 1.82) is 0 Å². The minimum atomic E-state index is -0.884. The zero-order valence-corrected chi connectivity index (χ0v) is 10.8. The first kappa shape index (κ1) is 12.3. The Morgan fingerprint density at radius 3 is 2.59 bits per heavy atom. The molecule has 1 aromatic heterocycles. The van der Waals surface area contributed by atoms with Gasteiger partial charge in [0.1, 0.15) is 4.88 Å². The zero-order valence-electron chi connectivity index (χ0n) is 9.97. The van der Waals surface area contributed by atoms with Crippen LogP contribution in [-0.4, -0.2) is 42.4 Å². The molecule has 2 rings (SSSR count). The molecule has 6 heteroatoms. The topological polar surface area (TPSA) is 62.7 Å². The molecule has 0 unspecified atom stereocenters. The first-order valence-corrected chi connectivity index (χ1v) is 6.48. The molecule has 1 fully saturated rings. The lowest BCUT2D eigenvalue weighted by Crippen LogP contribution is -2.36. The van der Waals surface area contributed by atoms with Gasteiger partial charge in [-0.05, 0) is 5.92 Å². The largest absolute Gasteiger partial charge is 0.477 e. The van der Waals surface area contributed by atoms with Crippen molar-refractivity contribution in [2.24, 2.45) is 0 Å². The van der Waals surface area contributed by atoms with E-state index in [1.54, 1.807) is 0 Å². The van der Waals surface area contributed by atoms with Crippen LogP contribution >= 0.6 is 11.3 Å². The van der Waals surface area contributed by atoms with E-state index < -0.39 is 5.97 Å². The molecule has 0 saturated carbocycles. The van der Waals surface area contributed by atoms with Gasteiger partial charge >= 0.3 is 5.97 Å². The third-order valence-electron chi connectivity index (χ3n) is 2.66. The first-order chi connectivity index (χ1) is 8.09. The summed E-state index contributed by atoms with van der Waals surface area (Å²) in [5.74, 6) is -0.752. The lowest BCUT2D eigenvalue weighted by atomic mass is 10.1. The molecule has 1 aliphatic heterocycles. The second kappa shape index (κ2) is 5.01. The SMILES string of the molecule is CC(C)c1nc(N2CCOCC2)sc1C(=O)O. The summed E-state index contributed by atoms with van der Waals surface area (Å²) in [6, 6.07) is 0. The molecule has 0 atom stereocenters. The highest BCUT2D eigenvalue weighted by molar-refractivity contribution is 7.17. The van der Waals surface area contributed by atoms with Crippen molar-refractivity contribution in [3.63, 3.8) is 0 Å². The molecule has 5 nitrogen and oxygen atoms in total. The molecule has 0 amide bonds. The van der Waals surface area contributed by atoms with Crippen LogP contribution in [0.3, 0.4) is 0 Å². The van der Waals surface area contributed by atoms with E-state index in [4.69, 9.17) is 9.84 Å². The maximum atomic E-state index is 11.1. The summed E-state index contributed by atoms with van der Waals surface area (Å²) in [5, 5.41) is 9.95. The van der Waals surface area contributed by atoms with Gasteiger partial charge in [-0.3, -0.25) is 0 Å². The predicted octanol–water partition coefficient (Wildman–Crippen LogP) is 1.80. The number of ether oxygens (including phenoxy) is 1. The van der Waals surface area contributed by atoms with Crippen molar-refractivity contribution in [1.82, 2.24) is 4.98 Å². The second-order valence-corrected chi connectivity index (χ2v) is 5.25. The van der Waals surface area contributed by atoms with Crippen LogP contribution in [0.2, 0.25) is 0 Å². The smallest absolute Gasteiger partial charge is 0.347 e. The molecule has 1 saturated heterocycles. The molecule has 0 radical (unpaired) electrons. The zero-order chi connectivity index (χ0) is 12.4. The molecular weight excluding hydrogens is 240 g/mol. The third kappa shape index (κ3) is 2.58. The van der Waals surface area contributed by atoms with Crippen molar-refractivity contribution >= 4 is 22.4 Å². The maximum Gasteiger partial charge on any atom is 0.347 e. The van der Waals surface area contributed by atoms with Gasteiger partial charge in [0.15, 0.2) is 5.13 Å². The average molecular weight is 256 g/mol. The summed E-state index contributed by atoms with van der Waals surface area (Å²) >= 11 is 1.26. The quantitative estimate of drug-likeness (QED) is 0.893. The Hall–Kier alpha value is -1.14. The summed E-state index contributed by atoms with van der Waals surface area (Å²) in [6.45, 7) is 6.85. The van der Waals surface area contributed by atoms with E-state index in [1.165, 1.54) is 11.3 Å². The summed E-state index contributed by atoms with van der Waals surface area (Å²) < 4.78 is 5.27. The van der Waals surface area contributed by atoms with E-state index in [0.29, 0.717) is 23.8 Å². The Balaban J connectivity index is 2.29. The number of carboxylic acids is 1. The Kier molecular flexibility index (Phi) is 3.63. The Bertz CT molecular complexity index is 411. The van der Waals surface area contributed by atoms with Crippen LogP contribution in [0.1, 0.15) is 35.1 Å². The van der Waals surface area contributed by atoms with Crippen LogP contribution < -0.4 is 4.90 Å². The van der Waals surface area contributed by atoms with Crippen LogP contribution in [-0.2, 0) is 4.74 Å². The second-order valence-electron chi connectivity index (χ2n) is 4.27. The van der Waals surface area contributed by atoms with Gasteiger partial charge < -0.3 is 14.7 Å². The Labute approximate surface area is 104 Å². The van der Waals surface area contributed by atoms with Gasteiger partial charge in [0, 0.05) is 13.1 Å². The van der Waals surface area contributed by atoms with E-state index in [2.05, 4.69) is 9.88 Å². The van der Waals surface area contributed by atoms with Gasteiger partial charge in [-0.15, -0.1) is 0 Å². The van der Waals surface area contributed by atoms with Crippen molar-refractivity contribution in [3.8, 4) is 0 Å². The van der Waals surface area contributed by atoms with Crippen LogP contribution in [0.25, 0.3) is 0 Å². The molecule has 0 aliphatic carbocycles.